The van der Waals surface area contributed by atoms with E-state index in [4.69, 9.17) is 4.74 Å². The fourth-order valence-corrected chi connectivity index (χ4v) is 4.83. The summed E-state index contributed by atoms with van der Waals surface area (Å²) in [5.41, 5.74) is 2.73. The van der Waals surface area contributed by atoms with Gasteiger partial charge in [0, 0.05) is 30.2 Å². The molecule has 1 amide bonds. The maximum Gasteiger partial charge on any atom is 0.272 e. The summed E-state index contributed by atoms with van der Waals surface area (Å²) in [5.74, 6) is 0.984. The van der Waals surface area contributed by atoms with E-state index in [1.807, 2.05) is 23.2 Å². The molecule has 0 unspecified atom stereocenters. The molecule has 6 nitrogen and oxygen atoms in total. The molecule has 2 aliphatic rings. The van der Waals surface area contributed by atoms with Crippen molar-refractivity contribution in [1.29, 1.82) is 0 Å². The summed E-state index contributed by atoms with van der Waals surface area (Å²) in [6.45, 7) is 2.60. The van der Waals surface area contributed by atoms with Gasteiger partial charge in [-0.2, -0.15) is 11.3 Å². The molecule has 1 saturated heterocycles. The normalized spacial score (nSPS) is 18.4. The second kappa shape index (κ2) is 6.58. The number of nitrogens with zero attached hydrogens (tertiary/aromatic N) is 4. The number of likely N-dealkylation sites (tertiary alicyclic amines) is 1. The Balaban J connectivity index is 1.42. The Morgan fingerprint density at radius 1 is 1.19 bits per heavy atom. The second-order valence-corrected chi connectivity index (χ2v) is 7.91. The molecule has 3 aromatic heterocycles. The van der Waals surface area contributed by atoms with Crippen LogP contribution in [-0.4, -0.2) is 45.0 Å². The molecular formula is C20H20N4O2S. The number of piperidine rings is 1. The highest BCUT2D eigenvalue weighted by Gasteiger charge is 2.43. The molecule has 0 aliphatic carbocycles. The van der Waals surface area contributed by atoms with Gasteiger partial charge in [-0.1, -0.05) is 6.07 Å². The van der Waals surface area contributed by atoms with Crippen molar-refractivity contribution >= 4 is 17.2 Å². The number of hydrogen-bond acceptors (Lipinski definition) is 5. The van der Waals surface area contributed by atoms with Gasteiger partial charge < -0.3 is 14.2 Å². The van der Waals surface area contributed by atoms with Gasteiger partial charge in [0.1, 0.15) is 18.1 Å². The van der Waals surface area contributed by atoms with Gasteiger partial charge in [-0.3, -0.25) is 9.78 Å². The Kier molecular flexibility index (Phi) is 4.06. The zero-order valence-corrected chi connectivity index (χ0v) is 15.7. The highest BCUT2D eigenvalue weighted by Crippen LogP contribution is 2.39. The molecule has 0 bridgehead atoms. The van der Waals surface area contributed by atoms with E-state index in [0.29, 0.717) is 32.0 Å². The fourth-order valence-electron chi connectivity index (χ4n) is 4.18. The first-order valence-electron chi connectivity index (χ1n) is 9.15. The third kappa shape index (κ3) is 2.78. The van der Waals surface area contributed by atoms with E-state index in [-0.39, 0.29) is 11.4 Å². The number of aromatic nitrogens is 3. The number of ether oxygens (including phenoxy) is 1. The van der Waals surface area contributed by atoms with E-state index < -0.39 is 0 Å². The number of thiophene rings is 1. The third-order valence-electron chi connectivity index (χ3n) is 5.59. The number of carbonyl (C=O) groups excluding carboxylic acids is 1. The summed E-state index contributed by atoms with van der Waals surface area (Å²) >= 11 is 1.69. The van der Waals surface area contributed by atoms with Crippen LogP contribution in [-0.2, 0) is 16.9 Å². The molecular weight excluding hydrogens is 360 g/mol. The molecule has 0 atom stereocenters. The van der Waals surface area contributed by atoms with Gasteiger partial charge >= 0.3 is 0 Å². The van der Waals surface area contributed by atoms with E-state index in [9.17, 15) is 4.79 Å². The first-order chi connectivity index (χ1) is 13.3. The number of amides is 1. The molecule has 0 N–H and O–H groups in total. The minimum absolute atomic E-state index is 0.00564. The van der Waals surface area contributed by atoms with Crippen LogP contribution in [0, 0.1) is 0 Å². The molecule has 138 valence electrons. The zero-order valence-electron chi connectivity index (χ0n) is 14.9. The fraction of sp³-hybridized carbons (Fsp3) is 0.350. The Hall–Kier alpha value is -2.51. The molecule has 0 saturated carbocycles. The molecule has 0 aromatic carbocycles. The lowest BCUT2D eigenvalue weighted by atomic mass is 9.86. The van der Waals surface area contributed by atoms with Crippen LogP contribution in [0.1, 0.15) is 29.2 Å². The van der Waals surface area contributed by atoms with Crippen LogP contribution < -0.4 is 0 Å². The monoisotopic (exact) mass is 380 g/mol. The SMILES string of the molecule is O=C(c1ccccn1)N1CCC2(CC1)COCc1ncc(-c3ccsc3)n12. The maximum absolute atomic E-state index is 12.7. The van der Waals surface area contributed by atoms with Gasteiger partial charge in [0.15, 0.2) is 0 Å². The maximum atomic E-state index is 12.7. The van der Waals surface area contributed by atoms with Crippen LogP contribution in [0.3, 0.4) is 0 Å². The molecule has 7 heteroatoms. The number of fused-ring (bicyclic) bond motifs is 2. The molecule has 0 radical (unpaired) electrons. The molecule has 3 aromatic rings. The quantitative estimate of drug-likeness (QED) is 0.685. The van der Waals surface area contributed by atoms with Crippen LogP contribution in [0.5, 0.6) is 0 Å². The van der Waals surface area contributed by atoms with E-state index in [1.54, 1.807) is 23.6 Å². The summed E-state index contributed by atoms with van der Waals surface area (Å²) in [7, 11) is 0. The predicted molar refractivity (Wildman–Crippen MR) is 103 cm³/mol. The summed E-state index contributed by atoms with van der Waals surface area (Å²) < 4.78 is 8.28. The van der Waals surface area contributed by atoms with Crippen molar-refractivity contribution in [1.82, 2.24) is 19.4 Å². The average molecular weight is 380 g/mol. The zero-order chi connectivity index (χ0) is 18.3. The van der Waals surface area contributed by atoms with Crippen molar-refractivity contribution in [2.24, 2.45) is 0 Å². The largest absolute Gasteiger partial charge is 0.371 e. The Morgan fingerprint density at radius 2 is 2.07 bits per heavy atom. The highest BCUT2D eigenvalue weighted by molar-refractivity contribution is 7.08. The number of rotatable bonds is 2. The van der Waals surface area contributed by atoms with Crippen molar-refractivity contribution in [3.63, 3.8) is 0 Å². The van der Waals surface area contributed by atoms with Gasteiger partial charge in [0.05, 0.1) is 24.0 Å². The van der Waals surface area contributed by atoms with Crippen LogP contribution in [0.15, 0.2) is 47.4 Å². The summed E-state index contributed by atoms with van der Waals surface area (Å²) in [4.78, 5) is 23.5. The standard InChI is InChI=1S/C20H20N4O2S/c25-19(16-3-1-2-7-21-16)23-8-5-20(6-9-23)14-26-12-18-22-11-17(24(18)20)15-4-10-27-13-15/h1-4,7,10-11,13H,5-6,8-9,12,14H2. The van der Waals surface area contributed by atoms with Gasteiger partial charge in [-0.05, 0) is 36.4 Å². The Labute approximate surface area is 161 Å². The number of imidazole rings is 1. The summed E-state index contributed by atoms with van der Waals surface area (Å²) in [6, 6.07) is 7.59. The third-order valence-corrected chi connectivity index (χ3v) is 6.28. The van der Waals surface area contributed by atoms with Crippen LogP contribution in [0.4, 0.5) is 0 Å². The van der Waals surface area contributed by atoms with Crippen LogP contribution >= 0.6 is 11.3 Å². The molecule has 5 heterocycles. The van der Waals surface area contributed by atoms with E-state index in [2.05, 4.69) is 31.4 Å². The van der Waals surface area contributed by atoms with Gasteiger partial charge in [0.2, 0.25) is 0 Å². The molecule has 1 spiro atoms. The topological polar surface area (TPSA) is 60.3 Å². The first-order valence-corrected chi connectivity index (χ1v) is 10.1. The van der Waals surface area contributed by atoms with Crippen LogP contribution in [0.2, 0.25) is 0 Å². The van der Waals surface area contributed by atoms with Crippen molar-refractivity contribution in [2.45, 2.75) is 25.0 Å². The predicted octanol–water partition coefficient (Wildman–Crippen LogP) is 3.17. The lowest BCUT2D eigenvalue weighted by Gasteiger charge is -2.45. The lowest BCUT2D eigenvalue weighted by Crippen LogP contribution is -2.52. The van der Waals surface area contributed by atoms with Crippen LogP contribution in [0.25, 0.3) is 11.3 Å². The van der Waals surface area contributed by atoms with E-state index >= 15 is 0 Å². The number of pyridine rings is 1. The van der Waals surface area contributed by atoms with Crippen molar-refractivity contribution in [3.05, 3.63) is 58.9 Å². The highest BCUT2D eigenvalue weighted by atomic mass is 32.1. The van der Waals surface area contributed by atoms with E-state index in [0.717, 1.165) is 24.4 Å². The molecule has 1 fully saturated rings. The number of hydrogen-bond donors (Lipinski definition) is 0. The minimum atomic E-state index is -0.137. The van der Waals surface area contributed by atoms with Crippen molar-refractivity contribution in [2.75, 3.05) is 19.7 Å². The van der Waals surface area contributed by atoms with Crippen molar-refractivity contribution < 1.29 is 9.53 Å². The lowest BCUT2D eigenvalue weighted by molar-refractivity contribution is -0.0276. The summed E-state index contributed by atoms with van der Waals surface area (Å²) in [5, 5.41) is 4.25. The molecule has 5 rings (SSSR count). The Morgan fingerprint density at radius 3 is 2.81 bits per heavy atom. The smallest absolute Gasteiger partial charge is 0.272 e. The first kappa shape index (κ1) is 16.6. The summed E-state index contributed by atoms with van der Waals surface area (Å²) in [6.07, 6.45) is 5.33. The van der Waals surface area contributed by atoms with Gasteiger partial charge in [0.25, 0.3) is 5.91 Å². The van der Waals surface area contributed by atoms with Crippen molar-refractivity contribution in [3.8, 4) is 11.3 Å². The number of carbonyl (C=O) groups is 1. The van der Waals surface area contributed by atoms with Gasteiger partial charge in [-0.15, -0.1) is 0 Å². The van der Waals surface area contributed by atoms with E-state index in [1.165, 1.54) is 5.56 Å². The second-order valence-electron chi connectivity index (χ2n) is 7.13. The molecule has 2 aliphatic heterocycles. The minimum Gasteiger partial charge on any atom is -0.371 e. The average Bonchev–Trinajstić information content (AvgIpc) is 3.39. The van der Waals surface area contributed by atoms with Gasteiger partial charge in [-0.25, -0.2) is 4.98 Å². The molecule has 27 heavy (non-hydrogen) atoms. The Bertz CT molecular complexity index is 944.